The molecular weight excluding hydrogens is 252 g/mol. The number of nitrogens with one attached hydrogen (secondary N) is 1. The summed E-state index contributed by atoms with van der Waals surface area (Å²) in [6.45, 7) is 6.35. The summed E-state index contributed by atoms with van der Waals surface area (Å²) in [6.07, 6.45) is 2.41. The van der Waals surface area contributed by atoms with Crippen LogP contribution in [-0.2, 0) is 16.6 Å². The highest BCUT2D eigenvalue weighted by atomic mass is 32.2. The second-order valence-electron chi connectivity index (χ2n) is 4.61. The molecule has 102 valence electrons. The average molecular weight is 272 g/mol. The molecule has 1 aromatic heterocycles. The lowest BCUT2D eigenvalue weighted by molar-refractivity contribution is 0.307. The van der Waals surface area contributed by atoms with Crippen LogP contribution >= 0.6 is 0 Å². The minimum absolute atomic E-state index is 0.191. The molecule has 1 fully saturated rings. The Morgan fingerprint density at radius 3 is 3.00 bits per heavy atom. The maximum Gasteiger partial charge on any atom is 0.260 e. The van der Waals surface area contributed by atoms with E-state index >= 15 is 0 Å². The number of rotatable bonds is 4. The van der Waals surface area contributed by atoms with Crippen molar-refractivity contribution >= 4 is 10.0 Å². The number of piperazine rings is 1. The third-order valence-corrected chi connectivity index (χ3v) is 4.94. The zero-order chi connectivity index (χ0) is 13.2. The van der Waals surface area contributed by atoms with Crippen molar-refractivity contribution in [3.8, 4) is 0 Å². The molecule has 0 amide bonds. The quantitative estimate of drug-likeness (QED) is 0.854. The van der Waals surface area contributed by atoms with Crippen LogP contribution in [0.5, 0.6) is 0 Å². The Morgan fingerprint density at radius 1 is 1.56 bits per heavy atom. The molecule has 0 bridgehead atoms. The molecule has 18 heavy (non-hydrogen) atoms. The predicted octanol–water partition coefficient (Wildman–Crippen LogP) is 0.276. The summed E-state index contributed by atoms with van der Waals surface area (Å²) in [5.41, 5.74) is 0. The molecule has 0 saturated carbocycles. The van der Waals surface area contributed by atoms with Gasteiger partial charge in [0.15, 0.2) is 5.03 Å². The highest BCUT2D eigenvalue weighted by Crippen LogP contribution is 2.17. The first-order valence-electron chi connectivity index (χ1n) is 6.31. The van der Waals surface area contributed by atoms with Crippen LogP contribution in [0.3, 0.4) is 0 Å². The molecule has 1 aliphatic heterocycles. The van der Waals surface area contributed by atoms with Gasteiger partial charge < -0.3 is 5.32 Å². The lowest BCUT2D eigenvalue weighted by atomic mass is 10.3. The normalized spacial score (nSPS) is 22.2. The van der Waals surface area contributed by atoms with Gasteiger partial charge in [0, 0.05) is 32.2 Å². The standard InChI is InChI=1S/C11H20N4O2S/c1-3-7-15-11(4-5-13-15)18(16,17)14-8-6-12-10(2)9-14/h4-5,10,12H,3,6-9H2,1-2H3/t10-/m0/s1. The molecule has 0 aromatic carbocycles. The molecule has 0 unspecified atom stereocenters. The Bertz CT molecular complexity index is 497. The van der Waals surface area contributed by atoms with Crippen molar-refractivity contribution in [2.24, 2.45) is 0 Å². The van der Waals surface area contributed by atoms with Gasteiger partial charge in [-0.15, -0.1) is 0 Å². The molecule has 7 heteroatoms. The summed E-state index contributed by atoms with van der Waals surface area (Å²) in [4.78, 5) is 0. The number of aromatic nitrogens is 2. The summed E-state index contributed by atoms with van der Waals surface area (Å²) in [7, 11) is -3.41. The Morgan fingerprint density at radius 2 is 2.33 bits per heavy atom. The molecule has 1 aliphatic rings. The van der Waals surface area contributed by atoms with Crippen LogP contribution in [0.4, 0.5) is 0 Å². The maximum atomic E-state index is 12.5. The van der Waals surface area contributed by atoms with E-state index in [2.05, 4.69) is 10.4 Å². The molecule has 0 aliphatic carbocycles. The molecule has 6 nitrogen and oxygen atoms in total. The minimum atomic E-state index is -3.41. The first-order chi connectivity index (χ1) is 8.55. The molecule has 1 aromatic rings. The fourth-order valence-corrected chi connectivity index (χ4v) is 3.82. The van der Waals surface area contributed by atoms with E-state index in [1.165, 1.54) is 4.31 Å². The Labute approximate surface area is 108 Å². The zero-order valence-corrected chi connectivity index (χ0v) is 11.7. The monoisotopic (exact) mass is 272 g/mol. The van der Waals surface area contributed by atoms with E-state index in [0.717, 1.165) is 6.42 Å². The van der Waals surface area contributed by atoms with Gasteiger partial charge >= 0.3 is 0 Å². The number of hydrogen-bond donors (Lipinski definition) is 1. The van der Waals surface area contributed by atoms with E-state index < -0.39 is 10.0 Å². The third-order valence-electron chi connectivity index (χ3n) is 3.05. The summed E-state index contributed by atoms with van der Waals surface area (Å²) in [5.74, 6) is 0. The number of sulfonamides is 1. The predicted molar refractivity (Wildman–Crippen MR) is 68.7 cm³/mol. The minimum Gasteiger partial charge on any atom is -0.312 e. The van der Waals surface area contributed by atoms with Gasteiger partial charge in [-0.05, 0) is 19.4 Å². The smallest absolute Gasteiger partial charge is 0.260 e. The molecule has 1 N–H and O–H groups in total. The molecule has 2 heterocycles. The fourth-order valence-electron chi connectivity index (χ4n) is 2.17. The summed E-state index contributed by atoms with van der Waals surface area (Å²) >= 11 is 0. The maximum absolute atomic E-state index is 12.5. The summed E-state index contributed by atoms with van der Waals surface area (Å²) < 4.78 is 28.2. The van der Waals surface area contributed by atoms with Gasteiger partial charge in [0.2, 0.25) is 0 Å². The lowest BCUT2D eigenvalue weighted by Gasteiger charge is -2.30. The molecule has 0 radical (unpaired) electrons. The zero-order valence-electron chi connectivity index (χ0n) is 10.8. The van der Waals surface area contributed by atoms with Gasteiger partial charge in [-0.3, -0.25) is 4.68 Å². The van der Waals surface area contributed by atoms with E-state index in [1.54, 1.807) is 16.9 Å². The van der Waals surface area contributed by atoms with Crippen LogP contribution in [0.2, 0.25) is 0 Å². The van der Waals surface area contributed by atoms with Crippen molar-refractivity contribution in [3.05, 3.63) is 12.3 Å². The van der Waals surface area contributed by atoms with Gasteiger partial charge in [0.25, 0.3) is 10.0 Å². The summed E-state index contributed by atoms with van der Waals surface area (Å²) in [6, 6.07) is 1.77. The van der Waals surface area contributed by atoms with Gasteiger partial charge in [0.1, 0.15) is 0 Å². The largest absolute Gasteiger partial charge is 0.312 e. The van der Waals surface area contributed by atoms with E-state index in [0.29, 0.717) is 31.2 Å². The van der Waals surface area contributed by atoms with Crippen LogP contribution in [-0.4, -0.2) is 48.2 Å². The summed E-state index contributed by atoms with van der Waals surface area (Å²) in [5, 5.41) is 7.63. The number of nitrogens with zero attached hydrogens (tertiary/aromatic N) is 3. The SMILES string of the molecule is CCCn1nccc1S(=O)(=O)N1CCN[C@@H](C)C1. The lowest BCUT2D eigenvalue weighted by Crippen LogP contribution is -2.51. The van der Waals surface area contributed by atoms with E-state index in [-0.39, 0.29) is 6.04 Å². The average Bonchev–Trinajstić information content (AvgIpc) is 2.78. The Balaban J connectivity index is 2.26. The molecule has 2 rings (SSSR count). The van der Waals surface area contributed by atoms with Gasteiger partial charge in [-0.25, -0.2) is 8.42 Å². The van der Waals surface area contributed by atoms with Gasteiger partial charge in [-0.2, -0.15) is 9.40 Å². The third kappa shape index (κ3) is 2.57. The highest BCUT2D eigenvalue weighted by molar-refractivity contribution is 7.89. The van der Waals surface area contributed by atoms with Crippen LogP contribution in [0, 0.1) is 0 Å². The van der Waals surface area contributed by atoms with Crippen molar-refractivity contribution in [2.45, 2.75) is 37.9 Å². The van der Waals surface area contributed by atoms with Crippen LogP contribution in [0.1, 0.15) is 20.3 Å². The topological polar surface area (TPSA) is 67.2 Å². The van der Waals surface area contributed by atoms with Crippen molar-refractivity contribution in [1.82, 2.24) is 19.4 Å². The first kappa shape index (κ1) is 13.5. The van der Waals surface area contributed by atoms with E-state index in [9.17, 15) is 8.42 Å². The van der Waals surface area contributed by atoms with Crippen molar-refractivity contribution in [1.29, 1.82) is 0 Å². The fraction of sp³-hybridized carbons (Fsp3) is 0.727. The van der Waals surface area contributed by atoms with Gasteiger partial charge in [0.05, 0.1) is 6.20 Å². The second-order valence-corrected chi connectivity index (χ2v) is 6.50. The molecule has 1 saturated heterocycles. The van der Waals surface area contributed by atoms with E-state index in [1.807, 2.05) is 13.8 Å². The molecule has 1 atom stereocenters. The van der Waals surface area contributed by atoms with Crippen molar-refractivity contribution in [2.75, 3.05) is 19.6 Å². The molecule has 0 spiro atoms. The Hall–Kier alpha value is -0.920. The highest BCUT2D eigenvalue weighted by Gasteiger charge is 2.30. The van der Waals surface area contributed by atoms with E-state index in [4.69, 9.17) is 0 Å². The van der Waals surface area contributed by atoms with Crippen molar-refractivity contribution < 1.29 is 8.42 Å². The van der Waals surface area contributed by atoms with Crippen LogP contribution in [0.25, 0.3) is 0 Å². The molecular formula is C11H20N4O2S. The Kier molecular flexibility index (Phi) is 4.04. The number of aryl methyl sites for hydroxylation is 1. The van der Waals surface area contributed by atoms with Crippen LogP contribution in [0.15, 0.2) is 17.3 Å². The number of hydrogen-bond acceptors (Lipinski definition) is 4. The first-order valence-corrected chi connectivity index (χ1v) is 7.75. The second kappa shape index (κ2) is 5.38. The van der Waals surface area contributed by atoms with Crippen molar-refractivity contribution in [3.63, 3.8) is 0 Å². The van der Waals surface area contributed by atoms with Crippen LogP contribution < -0.4 is 5.32 Å². The van der Waals surface area contributed by atoms with Gasteiger partial charge in [-0.1, -0.05) is 6.92 Å².